The van der Waals surface area contributed by atoms with Crippen LogP contribution in [0.3, 0.4) is 0 Å². The summed E-state index contributed by atoms with van der Waals surface area (Å²) < 4.78 is 27.9. The van der Waals surface area contributed by atoms with Crippen LogP contribution in [0.1, 0.15) is 50.3 Å². The van der Waals surface area contributed by atoms with E-state index in [4.69, 9.17) is 23.2 Å². The van der Waals surface area contributed by atoms with Gasteiger partial charge < -0.3 is 0 Å². The molecule has 140 valence electrons. The zero-order valence-corrected chi connectivity index (χ0v) is 17.4. The van der Waals surface area contributed by atoms with Crippen LogP contribution in [0.4, 0.5) is 0 Å². The molecule has 0 amide bonds. The largest absolute Gasteiger partial charge is 0.217 e. The van der Waals surface area contributed by atoms with E-state index in [1.807, 2.05) is 62.4 Å². The van der Waals surface area contributed by atoms with E-state index in [9.17, 15) is 8.42 Å². The van der Waals surface area contributed by atoms with Crippen molar-refractivity contribution in [2.24, 2.45) is 0 Å². The van der Waals surface area contributed by atoms with Crippen LogP contribution in [0, 0.1) is 0 Å². The van der Waals surface area contributed by atoms with E-state index in [0.717, 1.165) is 11.1 Å². The molecule has 0 saturated carbocycles. The Balaban J connectivity index is 2.18. The van der Waals surface area contributed by atoms with Gasteiger partial charge in [-0.25, -0.2) is 8.42 Å². The molecule has 2 aromatic carbocycles. The highest BCUT2D eigenvalue weighted by Crippen LogP contribution is 2.47. The van der Waals surface area contributed by atoms with E-state index in [1.54, 1.807) is 11.2 Å². The zero-order chi connectivity index (χ0) is 19.1. The fraction of sp³-hybridized carbons (Fsp3) is 0.400. The van der Waals surface area contributed by atoms with Crippen molar-refractivity contribution in [2.75, 3.05) is 0 Å². The molecule has 3 nitrogen and oxygen atoms in total. The Morgan fingerprint density at radius 1 is 1.00 bits per heavy atom. The van der Waals surface area contributed by atoms with E-state index in [1.165, 1.54) is 0 Å². The lowest BCUT2D eigenvalue weighted by atomic mass is 9.83. The molecule has 2 aromatic rings. The molecule has 6 heteroatoms. The number of halogens is 2. The molecule has 26 heavy (non-hydrogen) atoms. The second-order valence-electron chi connectivity index (χ2n) is 7.17. The predicted molar refractivity (Wildman–Crippen MR) is 108 cm³/mol. The van der Waals surface area contributed by atoms with Crippen LogP contribution in [0.2, 0.25) is 10.0 Å². The first-order valence-electron chi connectivity index (χ1n) is 8.75. The number of rotatable bonds is 3. The molecule has 0 spiro atoms. The van der Waals surface area contributed by atoms with Crippen LogP contribution < -0.4 is 0 Å². The highest BCUT2D eigenvalue weighted by Gasteiger charge is 2.47. The quantitative estimate of drug-likeness (QED) is 0.653. The van der Waals surface area contributed by atoms with Gasteiger partial charge in [-0.05, 0) is 62.6 Å². The van der Waals surface area contributed by atoms with Gasteiger partial charge in [0, 0.05) is 22.0 Å². The number of hydrogen-bond donors (Lipinski definition) is 0. The Morgan fingerprint density at radius 3 is 2.23 bits per heavy atom. The van der Waals surface area contributed by atoms with Gasteiger partial charge in [-0.15, -0.1) is 0 Å². The summed E-state index contributed by atoms with van der Waals surface area (Å²) in [6.45, 7) is 5.64. The Morgan fingerprint density at radius 2 is 1.65 bits per heavy atom. The van der Waals surface area contributed by atoms with Crippen molar-refractivity contribution in [1.29, 1.82) is 0 Å². The number of benzene rings is 2. The Bertz CT molecular complexity index is 881. The maximum absolute atomic E-state index is 13.1. The van der Waals surface area contributed by atoms with Crippen molar-refractivity contribution in [3.05, 3.63) is 69.7 Å². The second-order valence-corrected chi connectivity index (χ2v) is 10.3. The highest BCUT2D eigenvalue weighted by molar-refractivity contribution is 7.89. The molecule has 0 aliphatic carbocycles. The Hall–Kier alpha value is -1.07. The summed E-state index contributed by atoms with van der Waals surface area (Å²) in [6, 6.07) is 14.8. The third-order valence-electron chi connectivity index (χ3n) is 5.04. The molecule has 1 heterocycles. The second kappa shape index (κ2) is 7.51. The lowest BCUT2D eigenvalue weighted by molar-refractivity contribution is 0.212. The van der Waals surface area contributed by atoms with Gasteiger partial charge in [0.2, 0.25) is 10.0 Å². The molecule has 1 aliphatic heterocycles. The minimum absolute atomic E-state index is 0.0239. The molecule has 0 radical (unpaired) electrons. The van der Waals surface area contributed by atoms with Crippen molar-refractivity contribution in [2.45, 2.75) is 50.4 Å². The molecule has 0 unspecified atom stereocenters. The summed E-state index contributed by atoms with van der Waals surface area (Å²) in [6.07, 6.45) is 0.555. The highest BCUT2D eigenvalue weighted by atomic mass is 35.5. The van der Waals surface area contributed by atoms with Crippen molar-refractivity contribution in [3.63, 3.8) is 0 Å². The zero-order valence-electron chi connectivity index (χ0n) is 15.1. The van der Waals surface area contributed by atoms with Gasteiger partial charge in [0.1, 0.15) is 0 Å². The lowest BCUT2D eigenvalue weighted by Gasteiger charge is -2.45. The van der Waals surface area contributed by atoms with Crippen molar-refractivity contribution in [3.8, 4) is 0 Å². The van der Waals surface area contributed by atoms with Gasteiger partial charge in [0.25, 0.3) is 0 Å². The van der Waals surface area contributed by atoms with Gasteiger partial charge >= 0.3 is 0 Å². The normalized spacial score (nSPS) is 26.2. The van der Waals surface area contributed by atoms with Crippen LogP contribution in [-0.4, -0.2) is 24.0 Å². The van der Waals surface area contributed by atoms with Gasteiger partial charge in [0.15, 0.2) is 0 Å². The maximum Gasteiger partial charge on any atom is 0.217 e. The fourth-order valence-electron chi connectivity index (χ4n) is 3.86. The molecule has 1 fully saturated rings. The molecule has 1 saturated heterocycles. The van der Waals surface area contributed by atoms with E-state index < -0.39 is 15.3 Å². The van der Waals surface area contributed by atoms with Crippen LogP contribution in [-0.2, 0) is 10.0 Å². The van der Waals surface area contributed by atoms with E-state index >= 15 is 0 Å². The van der Waals surface area contributed by atoms with Crippen molar-refractivity contribution >= 4 is 33.2 Å². The van der Waals surface area contributed by atoms with Crippen LogP contribution >= 0.6 is 23.2 Å². The van der Waals surface area contributed by atoms with E-state index in [-0.39, 0.29) is 18.0 Å². The standard InChI is InChI=1S/C20H23Cl2NO2S/c1-13(2)23-20(15-7-9-17(21)10-8-15)19(11-14(3)26(23,24)25)16-5-4-6-18(22)12-16/h4-10,12-14,19-20H,11H2,1-3H3/t14-,19-,20-/m1/s1. The smallest absolute Gasteiger partial charge is 0.212 e. The third-order valence-corrected chi connectivity index (χ3v) is 7.97. The molecule has 0 aromatic heterocycles. The third kappa shape index (κ3) is 3.65. The van der Waals surface area contributed by atoms with Crippen molar-refractivity contribution < 1.29 is 8.42 Å². The molecular formula is C20H23Cl2NO2S. The van der Waals surface area contributed by atoms with Gasteiger partial charge in [-0.1, -0.05) is 47.5 Å². The maximum atomic E-state index is 13.1. The summed E-state index contributed by atoms with van der Waals surface area (Å²) in [4.78, 5) is 0. The van der Waals surface area contributed by atoms with Crippen LogP contribution in [0.5, 0.6) is 0 Å². The van der Waals surface area contributed by atoms with E-state index in [0.29, 0.717) is 16.5 Å². The minimum Gasteiger partial charge on any atom is -0.212 e. The summed E-state index contributed by atoms with van der Waals surface area (Å²) >= 11 is 12.3. The van der Waals surface area contributed by atoms with Crippen LogP contribution in [0.15, 0.2) is 48.5 Å². The first-order chi connectivity index (χ1) is 12.2. The van der Waals surface area contributed by atoms with Crippen molar-refractivity contribution in [1.82, 2.24) is 4.31 Å². The number of nitrogens with zero attached hydrogens (tertiary/aromatic N) is 1. The molecule has 3 rings (SSSR count). The fourth-order valence-corrected chi connectivity index (χ4v) is 6.23. The molecular weight excluding hydrogens is 389 g/mol. The van der Waals surface area contributed by atoms with Gasteiger partial charge in [0.05, 0.1) is 11.3 Å². The monoisotopic (exact) mass is 411 g/mol. The molecule has 0 bridgehead atoms. The minimum atomic E-state index is -3.39. The first kappa shape index (κ1) is 19.7. The SMILES string of the molecule is CC(C)N1[C@H](c2ccc(Cl)cc2)[C@@H](c2cccc(Cl)c2)C[C@@H](C)S1(=O)=O. The number of hydrogen-bond acceptors (Lipinski definition) is 2. The summed E-state index contributed by atoms with van der Waals surface area (Å²) in [5.74, 6) is 0.0239. The predicted octanol–water partition coefficient (Wildman–Crippen LogP) is 5.65. The average Bonchev–Trinajstić information content (AvgIpc) is 2.57. The van der Waals surface area contributed by atoms with Gasteiger partial charge in [-0.2, -0.15) is 4.31 Å². The summed E-state index contributed by atoms with van der Waals surface area (Å²) in [7, 11) is -3.39. The molecule has 0 N–H and O–H groups in total. The molecule has 3 atom stereocenters. The Kier molecular flexibility index (Phi) is 5.69. The Labute approximate surface area is 166 Å². The number of sulfonamides is 1. The summed E-state index contributed by atoms with van der Waals surface area (Å²) in [5.41, 5.74) is 2.01. The topological polar surface area (TPSA) is 37.4 Å². The first-order valence-corrected chi connectivity index (χ1v) is 11.0. The average molecular weight is 412 g/mol. The van der Waals surface area contributed by atoms with Crippen LogP contribution in [0.25, 0.3) is 0 Å². The summed E-state index contributed by atoms with van der Waals surface area (Å²) in [5, 5.41) is 0.850. The molecule has 1 aliphatic rings. The lowest BCUT2D eigenvalue weighted by Crippen LogP contribution is -2.50. The van der Waals surface area contributed by atoms with Gasteiger partial charge in [-0.3, -0.25) is 0 Å². The van der Waals surface area contributed by atoms with E-state index in [2.05, 4.69) is 0 Å².